The smallest absolute Gasteiger partial charge is 0.0877 e. The monoisotopic (exact) mass is 283 g/mol. The molecular formula is C17H33NO2. The van der Waals surface area contributed by atoms with E-state index in [4.69, 9.17) is 9.47 Å². The van der Waals surface area contributed by atoms with E-state index in [1.165, 1.54) is 32.1 Å². The highest BCUT2D eigenvalue weighted by molar-refractivity contribution is 5.00. The molecule has 0 aromatic carbocycles. The van der Waals surface area contributed by atoms with Gasteiger partial charge in [-0.3, -0.25) is 0 Å². The van der Waals surface area contributed by atoms with Gasteiger partial charge in [0.1, 0.15) is 0 Å². The van der Waals surface area contributed by atoms with E-state index in [1.807, 2.05) is 7.11 Å². The minimum atomic E-state index is -0.0102. The predicted molar refractivity (Wildman–Crippen MR) is 83.0 cm³/mol. The van der Waals surface area contributed by atoms with Crippen molar-refractivity contribution in [3.05, 3.63) is 0 Å². The Morgan fingerprint density at radius 1 is 1.20 bits per heavy atom. The van der Waals surface area contributed by atoms with Crippen molar-refractivity contribution in [3.63, 3.8) is 0 Å². The fraction of sp³-hybridized carbons (Fsp3) is 1.00. The Balaban J connectivity index is 2.18. The van der Waals surface area contributed by atoms with Gasteiger partial charge in [0.25, 0.3) is 0 Å². The Morgan fingerprint density at radius 3 is 2.50 bits per heavy atom. The molecule has 2 fully saturated rings. The number of ether oxygens (including phenoxy) is 2. The van der Waals surface area contributed by atoms with Crippen LogP contribution in [-0.4, -0.2) is 38.5 Å². The maximum absolute atomic E-state index is 6.10. The molecule has 0 aromatic rings. The summed E-state index contributed by atoms with van der Waals surface area (Å²) in [5, 5.41) is 3.80. The summed E-state index contributed by atoms with van der Waals surface area (Å²) in [7, 11) is 1.90. The molecule has 0 radical (unpaired) electrons. The van der Waals surface area contributed by atoms with E-state index in [0.717, 1.165) is 44.4 Å². The molecule has 0 spiro atoms. The zero-order valence-corrected chi connectivity index (χ0v) is 13.6. The van der Waals surface area contributed by atoms with E-state index in [0.29, 0.717) is 6.04 Å². The zero-order chi connectivity index (χ0) is 14.4. The van der Waals surface area contributed by atoms with Crippen LogP contribution in [0.5, 0.6) is 0 Å². The molecule has 3 atom stereocenters. The minimum Gasteiger partial charge on any atom is -0.381 e. The third-order valence-corrected chi connectivity index (χ3v) is 5.66. The van der Waals surface area contributed by atoms with Gasteiger partial charge >= 0.3 is 0 Å². The number of rotatable bonds is 6. The molecule has 1 saturated carbocycles. The summed E-state index contributed by atoms with van der Waals surface area (Å²) in [4.78, 5) is 0. The molecule has 2 aliphatic rings. The average molecular weight is 283 g/mol. The van der Waals surface area contributed by atoms with Crippen LogP contribution in [0.1, 0.15) is 58.8 Å². The Morgan fingerprint density at radius 2 is 1.90 bits per heavy atom. The lowest BCUT2D eigenvalue weighted by Gasteiger charge is -2.49. The highest BCUT2D eigenvalue weighted by Crippen LogP contribution is 2.41. The summed E-state index contributed by atoms with van der Waals surface area (Å²) in [6.07, 6.45) is 8.95. The van der Waals surface area contributed by atoms with Crippen molar-refractivity contribution in [1.29, 1.82) is 0 Å². The van der Waals surface area contributed by atoms with E-state index in [1.54, 1.807) is 0 Å². The van der Waals surface area contributed by atoms with Crippen LogP contribution in [0.4, 0.5) is 0 Å². The van der Waals surface area contributed by atoms with Crippen LogP contribution >= 0.6 is 0 Å². The highest BCUT2D eigenvalue weighted by atomic mass is 16.5. The van der Waals surface area contributed by atoms with Gasteiger partial charge in [-0.15, -0.1) is 0 Å². The molecule has 1 N–H and O–H groups in total. The first kappa shape index (κ1) is 16.3. The third-order valence-electron chi connectivity index (χ3n) is 5.66. The first-order valence-corrected chi connectivity index (χ1v) is 8.63. The number of methoxy groups -OCH3 is 1. The van der Waals surface area contributed by atoms with Crippen LogP contribution < -0.4 is 5.32 Å². The van der Waals surface area contributed by atoms with Crippen LogP contribution in [0.15, 0.2) is 0 Å². The molecule has 1 aliphatic heterocycles. The number of likely N-dealkylation sites (N-methyl/N-ethyl adjacent to an activating group) is 1. The van der Waals surface area contributed by atoms with Gasteiger partial charge < -0.3 is 14.8 Å². The first-order chi connectivity index (χ1) is 9.77. The van der Waals surface area contributed by atoms with Crippen molar-refractivity contribution >= 4 is 0 Å². The second kappa shape index (κ2) is 7.77. The fourth-order valence-corrected chi connectivity index (χ4v) is 4.49. The molecular weight excluding hydrogens is 250 g/mol. The topological polar surface area (TPSA) is 30.5 Å². The Bertz CT molecular complexity index is 276. The maximum atomic E-state index is 6.10. The van der Waals surface area contributed by atoms with Crippen molar-refractivity contribution < 1.29 is 9.47 Å². The van der Waals surface area contributed by atoms with E-state index in [-0.39, 0.29) is 5.60 Å². The van der Waals surface area contributed by atoms with Crippen molar-refractivity contribution in [1.82, 2.24) is 5.32 Å². The summed E-state index contributed by atoms with van der Waals surface area (Å²) in [5.41, 5.74) is -0.0102. The molecule has 0 bridgehead atoms. The molecule has 1 saturated heterocycles. The lowest BCUT2D eigenvalue weighted by molar-refractivity contribution is -0.127. The SMILES string of the molecule is CCNC(C1CCCCC1CC)C1(OC)CCOCC1. The van der Waals surface area contributed by atoms with Crippen molar-refractivity contribution in [3.8, 4) is 0 Å². The lowest BCUT2D eigenvalue weighted by atomic mass is 9.67. The highest BCUT2D eigenvalue weighted by Gasteiger charge is 2.46. The van der Waals surface area contributed by atoms with Gasteiger partial charge in [0.05, 0.1) is 5.60 Å². The Labute approximate surface area is 124 Å². The van der Waals surface area contributed by atoms with Gasteiger partial charge in [-0.2, -0.15) is 0 Å². The average Bonchev–Trinajstić information content (AvgIpc) is 2.53. The largest absolute Gasteiger partial charge is 0.381 e. The van der Waals surface area contributed by atoms with E-state index >= 15 is 0 Å². The molecule has 1 heterocycles. The second-order valence-corrected chi connectivity index (χ2v) is 6.53. The number of hydrogen-bond acceptors (Lipinski definition) is 3. The minimum absolute atomic E-state index is 0.0102. The standard InChI is InChI=1S/C17H33NO2/c1-4-14-8-6-7-9-15(14)16(18-5-2)17(19-3)10-12-20-13-11-17/h14-16,18H,4-13H2,1-3H3. The molecule has 3 unspecified atom stereocenters. The Hall–Kier alpha value is -0.120. The van der Waals surface area contributed by atoms with Gasteiger partial charge in [0, 0.05) is 39.2 Å². The molecule has 20 heavy (non-hydrogen) atoms. The number of hydrogen-bond donors (Lipinski definition) is 1. The molecule has 3 nitrogen and oxygen atoms in total. The van der Waals surface area contributed by atoms with Gasteiger partial charge in [-0.05, 0) is 24.8 Å². The van der Waals surface area contributed by atoms with Crippen molar-refractivity contribution in [2.75, 3.05) is 26.9 Å². The maximum Gasteiger partial charge on any atom is 0.0877 e. The van der Waals surface area contributed by atoms with Gasteiger partial charge in [0.15, 0.2) is 0 Å². The first-order valence-electron chi connectivity index (χ1n) is 8.63. The van der Waals surface area contributed by atoms with Crippen LogP contribution in [0.3, 0.4) is 0 Å². The van der Waals surface area contributed by atoms with Crippen LogP contribution in [0.25, 0.3) is 0 Å². The lowest BCUT2D eigenvalue weighted by Crippen LogP contribution is -2.59. The molecule has 1 aliphatic carbocycles. The molecule has 2 rings (SSSR count). The quantitative estimate of drug-likeness (QED) is 0.810. The summed E-state index contributed by atoms with van der Waals surface area (Å²) in [5.74, 6) is 1.63. The van der Waals surface area contributed by atoms with Crippen LogP contribution in [0.2, 0.25) is 0 Å². The van der Waals surface area contributed by atoms with Crippen LogP contribution in [-0.2, 0) is 9.47 Å². The second-order valence-electron chi connectivity index (χ2n) is 6.53. The number of nitrogens with one attached hydrogen (secondary N) is 1. The van der Waals surface area contributed by atoms with E-state index in [9.17, 15) is 0 Å². The van der Waals surface area contributed by atoms with Gasteiger partial charge in [0.2, 0.25) is 0 Å². The van der Waals surface area contributed by atoms with Crippen molar-refractivity contribution in [2.24, 2.45) is 11.8 Å². The molecule has 0 aromatic heterocycles. The molecule has 118 valence electrons. The molecule has 0 amide bonds. The van der Waals surface area contributed by atoms with Crippen molar-refractivity contribution in [2.45, 2.75) is 70.4 Å². The molecule has 3 heteroatoms. The summed E-state index contributed by atoms with van der Waals surface area (Å²) < 4.78 is 11.7. The Kier molecular flexibility index (Phi) is 6.31. The summed E-state index contributed by atoms with van der Waals surface area (Å²) in [6, 6.07) is 0.492. The normalized spacial score (nSPS) is 31.9. The summed E-state index contributed by atoms with van der Waals surface area (Å²) in [6.45, 7) is 7.30. The van der Waals surface area contributed by atoms with Gasteiger partial charge in [-0.1, -0.05) is 39.5 Å². The summed E-state index contributed by atoms with van der Waals surface area (Å²) >= 11 is 0. The zero-order valence-electron chi connectivity index (χ0n) is 13.6. The van der Waals surface area contributed by atoms with E-state index < -0.39 is 0 Å². The van der Waals surface area contributed by atoms with Gasteiger partial charge in [-0.25, -0.2) is 0 Å². The third kappa shape index (κ3) is 3.37. The predicted octanol–water partition coefficient (Wildman–Crippen LogP) is 3.38. The fourth-order valence-electron chi connectivity index (χ4n) is 4.49. The van der Waals surface area contributed by atoms with Crippen LogP contribution in [0, 0.1) is 11.8 Å². The van der Waals surface area contributed by atoms with E-state index in [2.05, 4.69) is 19.2 Å².